The van der Waals surface area contributed by atoms with Gasteiger partial charge in [0.05, 0.1) is 25.2 Å². The Balaban J connectivity index is 2.32. The predicted molar refractivity (Wildman–Crippen MR) is 77.8 cm³/mol. The van der Waals surface area contributed by atoms with E-state index in [0.29, 0.717) is 26.1 Å². The number of Topliss-reactive ketones (excluding diaryl/α,β-unsaturated/α-hetero) is 1. The number of allylic oxidation sites excluding steroid dienone is 2. The minimum absolute atomic E-state index is 0.0773. The number of hydrogen-bond donors (Lipinski definition) is 0. The molecule has 0 aromatic carbocycles. The van der Waals surface area contributed by atoms with E-state index in [2.05, 4.69) is 19.2 Å². The molecule has 2 rings (SSSR count). The fraction of sp³-hybridized carbons (Fsp3) is 0.529. The number of rotatable bonds is 6. The summed E-state index contributed by atoms with van der Waals surface area (Å²) < 4.78 is 5.62. The fourth-order valence-corrected chi connectivity index (χ4v) is 3.52. The molecule has 3 nitrogen and oxygen atoms in total. The van der Waals surface area contributed by atoms with E-state index >= 15 is 0 Å². The number of ketones is 1. The van der Waals surface area contributed by atoms with Gasteiger partial charge in [0, 0.05) is 17.8 Å². The molecule has 3 atom stereocenters. The molecule has 2 aliphatic rings. The molecule has 0 aromatic rings. The zero-order chi connectivity index (χ0) is 14.6. The van der Waals surface area contributed by atoms with Crippen LogP contribution in [0.5, 0.6) is 0 Å². The molecule has 0 heterocycles. The van der Waals surface area contributed by atoms with Crippen LogP contribution in [0.2, 0.25) is 0 Å². The van der Waals surface area contributed by atoms with Gasteiger partial charge in [-0.1, -0.05) is 18.2 Å². The van der Waals surface area contributed by atoms with Crippen molar-refractivity contribution >= 4 is 5.78 Å². The van der Waals surface area contributed by atoms with Crippen LogP contribution in [0.25, 0.3) is 0 Å². The third-order valence-corrected chi connectivity index (χ3v) is 4.38. The number of nitrogens with zero attached hydrogens (tertiary/aromatic N) is 1. The van der Waals surface area contributed by atoms with Gasteiger partial charge in [-0.2, -0.15) is 5.26 Å². The average molecular weight is 271 g/mol. The second-order valence-electron chi connectivity index (χ2n) is 5.66. The molecule has 1 saturated carbocycles. The highest BCUT2D eigenvalue weighted by molar-refractivity contribution is 5.97. The van der Waals surface area contributed by atoms with Gasteiger partial charge in [0.2, 0.25) is 0 Å². The van der Waals surface area contributed by atoms with Crippen LogP contribution in [0.4, 0.5) is 0 Å². The maximum atomic E-state index is 12.1. The number of carbonyl (C=O) groups excluding carboxylic acids is 1. The first-order chi connectivity index (χ1) is 9.68. The lowest BCUT2D eigenvalue weighted by Gasteiger charge is -2.32. The first-order valence-corrected chi connectivity index (χ1v) is 7.13. The van der Waals surface area contributed by atoms with Gasteiger partial charge in [0.25, 0.3) is 0 Å². The molecule has 106 valence electrons. The monoisotopic (exact) mass is 271 g/mol. The van der Waals surface area contributed by atoms with Gasteiger partial charge in [-0.3, -0.25) is 4.79 Å². The van der Waals surface area contributed by atoms with Crippen molar-refractivity contribution in [2.75, 3.05) is 13.2 Å². The van der Waals surface area contributed by atoms with Gasteiger partial charge in [0.1, 0.15) is 0 Å². The molecule has 0 N–H and O–H groups in total. The molecule has 0 unspecified atom stereocenters. The maximum Gasteiger partial charge on any atom is 0.158 e. The normalized spacial score (nSPS) is 32.1. The Labute approximate surface area is 120 Å². The number of hydrogen-bond acceptors (Lipinski definition) is 3. The topological polar surface area (TPSA) is 50.1 Å². The molecule has 1 fully saturated rings. The summed E-state index contributed by atoms with van der Waals surface area (Å²) in [5.74, 6) is 0.0919. The summed E-state index contributed by atoms with van der Waals surface area (Å²) in [4.78, 5) is 12.1. The van der Waals surface area contributed by atoms with Crippen LogP contribution in [0.15, 0.2) is 37.0 Å². The Morgan fingerprint density at radius 3 is 2.95 bits per heavy atom. The highest BCUT2D eigenvalue weighted by Gasteiger charge is 2.50. The van der Waals surface area contributed by atoms with Crippen molar-refractivity contribution in [2.45, 2.75) is 25.7 Å². The third kappa shape index (κ3) is 2.48. The van der Waals surface area contributed by atoms with Crippen LogP contribution < -0.4 is 0 Å². The van der Waals surface area contributed by atoms with Gasteiger partial charge in [-0.05, 0) is 24.8 Å². The Bertz CT molecular complexity index is 486. The van der Waals surface area contributed by atoms with Gasteiger partial charge in [-0.25, -0.2) is 0 Å². The van der Waals surface area contributed by atoms with E-state index in [9.17, 15) is 10.1 Å². The fourth-order valence-electron chi connectivity index (χ4n) is 3.52. The molecular formula is C17H21NO2. The SMILES string of the molecule is C=CCOC[C@@]1(CC=C)C=C2C(=O)CCC[C@H]2[C@H]1C#N. The van der Waals surface area contributed by atoms with Gasteiger partial charge >= 0.3 is 0 Å². The van der Waals surface area contributed by atoms with E-state index < -0.39 is 5.41 Å². The van der Waals surface area contributed by atoms with E-state index in [0.717, 1.165) is 18.4 Å². The Hall–Kier alpha value is -1.66. The highest BCUT2D eigenvalue weighted by atomic mass is 16.5. The number of nitriles is 1. The smallest absolute Gasteiger partial charge is 0.158 e. The number of fused-ring (bicyclic) bond motifs is 1. The van der Waals surface area contributed by atoms with Gasteiger partial charge in [-0.15, -0.1) is 13.2 Å². The minimum atomic E-state index is -0.403. The van der Waals surface area contributed by atoms with Crippen molar-refractivity contribution in [3.63, 3.8) is 0 Å². The van der Waals surface area contributed by atoms with Crippen LogP contribution in [-0.4, -0.2) is 19.0 Å². The summed E-state index contributed by atoms with van der Waals surface area (Å²) in [6.45, 7) is 8.34. The zero-order valence-electron chi connectivity index (χ0n) is 11.8. The van der Waals surface area contributed by atoms with Crippen LogP contribution in [0.1, 0.15) is 25.7 Å². The number of carbonyl (C=O) groups is 1. The van der Waals surface area contributed by atoms with Crippen molar-refractivity contribution in [3.8, 4) is 6.07 Å². The van der Waals surface area contributed by atoms with E-state index in [4.69, 9.17) is 4.74 Å². The lowest BCUT2D eigenvalue weighted by molar-refractivity contribution is -0.117. The molecule has 0 amide bonds. The summed E-state index contributed by atoms with van der Waals surface area (Å²) in [5, 5.41) is 9.61. The second-order valence-corrected chi connectivity index (χ2v) is 5.66. The lowest BCUT2D eigenvalue weighted by Crippen LogP contribution is -2.33. The second kappa shape index (κ2) is 6.19. The summed E-state index contributed by atoms with van der Waals surface area (Å²) >= 11 is 0. The van der Waals surface area contributed by atoms with Crippen molar-refractivity contribution in [3.05, 3.63) is 37.0 Å². The molecule has 0 aromatic heterocycles. The molecule has 0 radical (unpaired) electrons. The highest BCUT2D eigenvalue weighted by Crippen LogP contribution is 2.51. The standard InChI is InChI=1S/C17H21NO2/c1-3-8-17(12-20-9-4-2)10-14-13(15(17)11-18)6-5-7-16(14)19/h3-4,10,13,15H,1-2,5-9,12H2/t13-,15-,17-/m1/s1. The molecule has 2 aliphatic carbocycles. The lowest BCUT2D eigenvalue weighted by atomic mass is 9.71. The minimum Gasteiger partial charge on any atom is -0.376 e. The van der Waals surface area contributed by atoms with Crippen LogP contribution in [0, 0.1) is 28.6 Å². The van der Waals surface area contributed by atoms with Gasteiger partial charge in [0.15, 0.2) is 5.78 Å². The molecule has 20 heavy (non-hydrogen) atoms. The van der Waals surface area contributed by atoms with Crippen molar-refractivity contribution in [2.24, 2.45) is 17.3 Å². The first kappa shape index (κ1) is 14.7. The van der Waals surface area contributed by atoms with Crippen LogP contribution in [0.3, 0.4) is 0 Å². The van der Waals surface area contributed by atoms with E-state index in [1.54, 1.807) is 6.08 Å². The molecule has 0 aliphatic heterocycles. The van der Waals surface area contributed by atoms with Gasteiger partial charge < -0.3 is 4.74 Å². The summed E-state index contributed by atoms with van der Waals surface area (Å²) in [6, 6.07) is 2.43. The molecule has 3 heteroatoms. The molecule has 0 spiro atoms. The summed E-state index contributed by atoms with van der Waals surface area (Å²) in [7, 11) is 0. The zero-order valence-corrected chi connectivity index (χ0v) is 11.8. The molecule has 0 bridgehead atoms. The maximum absolute atomic E-state index is 12.1. The number of ether oxygens (including phenoxy) is 1. The van der Waals surface area contributed by atoms with Crippen molar-refractivity contribution in [1.82, 2.24) is 0 Å². The third-order valence-electron chi connectivity index (χ3n) is 4.38. The quantitative estimate of drug-likeness (QED) is 0.550. The van der Waals surface area contributed by atoms with Crippen LogP contribution >= 0.6 is 0 Å². The molecule has 0 saturated heterocycles. The van der Waals surface area contributed by atoms with E-state index in [1.165, 1.54) is 0 Å². The van der Waals surface area contributed by atoms with Crippen LogP contribution in [-0.2, 0) is 9.53 Å². The Morgan fingerprint density at radius 1 is 1.50 bits per heavy atom. The summed E-state index contributed by atoms with van der Waals surface area (Å²) in [6.07, 6.45) is 8.61. The average Bonchev–Trinajstić information content (AvgIpc) is 2.74. The van der Waals surface area contributed by atoms with E-state index in [-0.39, 0.29) is 17.6 Å². The summed E-state index contributed by atoms with van der Waals surface area (Å²) in [5.41, 5.74) is 0.450. The van der Waals surface area contributed by atoms with Crippen molar-refractivity contribution < 1.29 is 9.53 Å². The van der Waals surface area contributed by atoms with Crippen molar-refractivity contribution in [1.29, 1.82) is 5.26 Å². The van der Waals surface area contributed by atoms with E-state index in [1.807, 2.05) is 12.2 Å². The first-order valence-electron chi connectivity index (χ1n) is 7.13. The Morgan fingerprint density at radius 2 is 2.30 bits per heavy atom. The predicted octanol–water partition coefficient (Wildman–Crippen LogP) is 3.20. The largest absolute Gasteiger partial charge is 0.376 e. The molecular weight excluding hydrogens is 250 g/mol. The Kier molecular flexibility index (Phi) is 4.57.